The SMILES string of the molecule is Cc1ccccc1-c1cnc2[nH]cc(C(=O)NCc3ccc4c(c3)OCO4)c(=O)c2c1. The first-order valence-corrected chi connectivity index (χ1v) is 9.84. The summed E-state index contributed by atoms with van der Waals surface area (Å²) in [7, 11) is 0. The van der Waals surface area contributed by atoms with Crippen molar-refractivity contribution in [1.29, 1.82) is 0 Å². The van der Waals surface area contributed by atoms with Gasteiger partial charge in [-0.1, -0.05) is 30.3 Å². The highest BCUT2D eigenvalue weighted by atomic mass is 16.7. The molecule has 31 heavy (non-hydrogen) atoms. The summed E-state index contributed by atoms with van der Waals surface area (Å²) in [5, 5.41) is 3.16. The molecule has 154 valence electrons. The van der Waals surface area contributed by atoms with Gasteiger partial charge in [-0.2, -0.15) is 0 Å². The topological polar surface area (TPSA) is 93.3 Å². The number of aromatic nitrogens is 2. The summed E-state index contributed by atoms with van der Waals surface area (Å²) in [5.41, 5.74) is 3.87. The summed E-state index contributed by atoms with van der Waals surface area (Å²) >= 11 is 0. The van der Waals surface area contributed by atoms with Crippen LogP contribution in [0.1, 0.15) is 21.5 Å². The van der Waals surface area contributed by atoms with Crippen LogP contribution in [0.5, 0.6) is 11.5 Å². The minimum Gasteiger partial charge on any atom is -0.454 e. The molecule has 0 fully saturated rings. The molecule has 2 N–H and O–H groups in total. The summed E-state index contributed by atoms with van der Waals surface area (Å²) in [6.07, 6.45) is 3.13. The molecule has 7 nitrogen and oxygen atoms in total. The fourth-order valence-electron chi connectivity index (χ4n) is 3.65. The van der Waals surface area contributed by atoms with E-state index in [1.54, 1.807) is 18.3 Å². The lowest BCUT2D eigenvalue weighted by Gasteiger charge is -2.09. The van der Waals surface area contributed by atoms with Gasteiger partial charge >= 0.3 is 0 Å². The minimum absolute atomic E-state index is 0.0389. The average Bonchev–Trinajstić information content (AvgIpc) is 3.26. The van der Waals surface area contributed by atoms with Crippen molar-refractivity contribution in [2.75, 3.05) is 6.79 Å². The summed E-state index contributed by atoms with van der Waals surface area (Å²) < 4.78 is 10.6. The van der Waals surface area contributed by atoms with Crippen LogP contribution in [-0.4, -0.2) is 22.7 Å². The Morgan fingerprint density at radius 2 is 1.97 bits per heavy atom. The van der Waals surface area contributed by atoms with E-state index in [1.807, 2.05) is 43.3 Å². The third-order valence-corrected chi connectivity index (χ3v) is 5.32. The second-order valence-electron chi connectivity index (χ2n) is 7.34. The van der Waals surface area contributed by atoms with Crippen LogP contribution in [0.15, 0.2) is 65.7 Å². The number of H-pyrrole nitrogens is 1. The van der Waals surface area contributed by atoms with E-state index < -0.39 is 5.91 Å². The first-order valence-electron chi connectivity index (χ1n) is 9.84. The molecule has 1 aliphatic heterocycles. The van der Waals surface area contributed by atoms with Crippen LogP contribution < -0.4 is 20.2 Å². The molecule has 0 bridgehead atoms. The second-order valence-corrected chi connectivity index (χ2v) is 7.34. The van der Waals surface area contributed by atoms with E-state index in [-0.39, 0.29) is 24.3 Å². The molecule has 2 aromatic carbocycles. The number of benzene rings is 2. The van der Waals surface area contributed by atoms with Crippen molar-refractivity contribution in [3.8, 4) is 22.6 Å². The molecule has 1 amide bonds. The molecule has 0 saturated carbocycles. The Morgan fingerprint density at radius 3 is 2.84 bits per heavy atom. The van der Waals surface area contributed by atoms with Crippen LogP contribution in [0.25, 0.3) is 22.2 Å². The Labute approximate surface area is 177 Å². The van der Waals surface area contributed by atoms with Gasteiger partial charge in [0, 0.05) is 24.5 Å². The number of hydrogen-bond acceptors (Lipinski definition) is 5. The number of nitrogens with zero attached hydrogens (tertiary/aromatic N) is 1. The van der Waals surface area contributed by atoms with Gasteiger partial charge in [-0.15, -0.1) is 0 Å². The van der Waals surface area contributed by atoms with Crippen LogP contribution in [0.3, 0.4) is 0 Å². The highest BCUT2D eigenvalue weighted by Gasteiger charge is 2.16. The molecule has 4 aromatic rings. The van der Waals surface area contributed by atoms with Gasteiger partial charge in [0.1, 0.15) is 11.2 Å². The van der Waals surface area contributed by atoms with Crippen molar-refractivity contribution in [3.05, 3.63) is 87.8 Å². The lowest BCUT2D eigenvalue weighted by atomic mass is 10.0. The van der Waals surface area contributed by atoms with Crippen LogP contribution in [0.4, 0.5) is 0 Å². The second kappa shape index (κ2) is 7.60. The van der Waals surface area contributed by atoms with E-state index in [0.717, 1.165) is 22.3 Å². The van der Waals surface area contributed by atoms with E-state index in [4.69, 9.17) is 9.47 Å². The molecule has 0 aliphatic carbocycles. The molecule has 7 heteroatoms. The number of pyridine rings is 2. The van der Waals surface area contributed by atoms with Crippen LogP contribution in [0, 0.1) is 6.92 Å². The zero-order chi connectivity index (χ0) is 21.4. The van der Waals surface area contributed by atoms with Crippen molar-refractivity contribution in [2.45, 2.75) is 13.5 Å². The molecule has 0 saturated heterocycles. The predicted octanol–water partition coefficient (Wildman–Crippen LogP) is 3.56. The number of fused-ring (bicyclic) bond motifs is 2. The molecule has 0 spiro atoms. The Balaban J connectivity index is 1.43. The normalized spacial score (nSPS) is 12.2. The zero-order valence-corrected chi connectivity index (χ0v) is 16.8. The molecule has 3 heterocycles. The maximum atomic E-state index is 13.0. The van der Waals surface area contributed by atoms with E-state index in [2.05, 4.69) is 15.3 Å². The van der Waals surface area contributed by atoms with Gasteiger partial charge in [0.25, 0.3) is 5.91 Å². The average molecular weight is 413 g/mol. The first-order chi connectivity index (χ1) is 15.1. The molecule has 5 rings (SSSR count). The largest absolute Gasteiger partial charge is 0.454 e. The number of rotatable bonds is 4. The van der Waals surface area contributed by atoms with E-state index in [9.17, 15) is 9.59 Å². The molecule has 0 unspecified atom stereocenters. The van der Waals surface area contributed by atoms with Gasteiger partial charge in [0.2, 0.25) is 12.2 Å². The van der Waals surface area contributed by atoms with Crippen molar-refractivity contribution in [3.63, 3.8) is 0 Å². The van der Waals surface area contributed by atoms with Gasteiger partial charge in [0.05, 0.1) is 5.39 Å². The van der Waals surface area contributed by atoms with Gasteiger partial charge in [-0.3, -0.25) is 9.59 Å². The fourth-order valence-corrected chi connectivity index (χ4v) is 3.65. The number of aryl methyl sites for hydroxylation is 1. The van der Waals surface area contributed by atoms with Crippen molar-refractivity contribution in [1.82, 2.24) is 15.3 Å². The lowest BCUT2D eigenvalue weighted by molar-refractivity contribution is 0.0949. The van der Waals surface area contributed by atoms with Crippen molar-refractivity contribution >= 4 is 16.9 Å². The number of ether oxygens (including phenoxy) is 2. The molecular weight excluding hydrogens is 394 g/mol. The molecule has 2 aromatic heterocycles. The van der Waals surface area contributed by atoms with Crippen LogP contribution in [0.2, 0.25) is 0 Å². The summed E-state index contributed by atoms with van der Waals surface area (Å²) in [5.74, 6) is 0.866. The maximum Gasteiger partial charge on any atom is 0.257 e. The summed E-state index contributed by atoms with van der Waals surface area (Å²) in [4.78, 5) is 33.1. The van der Waals surface area contributed by atoms with Gasteiger partial charge in [-0.05, 0) is 41.8 Å². The monoisotopic (exact) mass is 413 g/mol. The van der Waals surface area contributed by atoms with Crippen molar-refractivity contribution < 1.29 is 14.3 Å². The molecule has 0 atom stereocenters. The standard InChI is InChI=1S/C24H19N3O4/c1-14-4-2-3-5-17(14)16-9-18-22(28)19(12-26-23(18)25-11-16)24(29)27-10-15-6-7-20-21(8-15)31-13-30-20/h2-9,11-12H,10,13H2,1H3,(H,27,29)(H,25,26,28). The number of amides is 1. The highest BCUT2D eigenvalue weighted by molar-refractivity contribution is 5.97. The van der Waals surface area contributed by atoms with E-state index >= 15 is 0 Å². The number of carbonyl (C=O) groups is 1. The third-order valence-electron chi connectivity index (χ3n) is 5.32. The number of nitrogens with one attached hydrogen (secondary N) is 2. The third kappa shape index (κ3) is 3.50. The lowest BCUT2D eigenvalue weighted by Crippen LogP contribution is -2.28. The highest BCUT2D eigenvalue weighted by Crippen LogP contribution is 2.32. The van der Waals surface area contributed by atoms with Gasteiger partial charge < -0.3 is 19.8 Å². The Hall–Kier alpha value is -4.13. The van der Waals surface area contributed by atoms with Gasteiger partial charge in [-0.25, -0.2) is 4.98 Å². The van der Waals surface area contributed by atoms with Crippen LogP contribution in [-0.2, 0) is 6.54 Å². The zero-order valence-electron chi connectivity index (χ0n) is 16.8. The fraction of sp³-hybridized carbons (Fsp3) is 0.125. The molecular formula is C24H19N3O4. The number of hydrogen-bond donors (Lipinski definition) is 2. The smallest absolute Gasteiger partial charge is 0.257 e. The quantitative estimate of drug-likeness (QED) is 0.534. The maximum absolute atomic E-state index is 13.0. The Kier molecular flexibility index (Phi) is 4.63. The van der Waals surface area contributed by atoms with E-state index in [0.29, 0.717) is 22.5 Å². The predicted molar refractivity (Wildman–Crippen MR) is 116 cm³/mol. The minimum atomic E-state index is -0.456. The number of carbonyl (C=O) groups excluding carboxylic acids is 1. The van der Waals surface area contributed by atoms with E-state index in [1.165, 1.54) is 6.20 Å². The molecule has 1 aliphatic rings. The molecule has 0 radical (unpaired) electrons. The van der Waals surface area contributed by atoms with Gasteiger partial charge in [0.15, 0.2) is 11.5 Å². The summed E-state index contributed by atoms with van der Waals surface area (Å²) in [6, 6.07) is 15.1. The summed E-state index contributed by atoms with van der Waals surface area (Å²) in [6.45, 7) is 2.45. The van der Waals surface area contributed by atoms with Crippen molar-refractivity contribution in [2.24, 2.45) is 0 Å². The Bertz CT molecular complexity index is 1380. The Morgan fingerprint density at radius 1 is 1.13 bits per heavy atom. The number of aromatic amines is 1. The first kappa shape index (κ1) is 18.9. The van der Waals surface area contributed by atoms with Crippen LogP contribution >= 0.6 is 0 Å².